The number of hydrogen-bond acceptors (Lipinski definition) is 2. The molecule has 4 heteroatoms. The topological polar surface area (TPSA) is 50.4 Å². The Balaban J connectivity index is 2.04. The lowest BCUT2D eigenvalue weighted by molar-refractivity contribution is 0.0694. The molecule has 1 fully saturated rings. The van der Waals surface area contributed by atoms with Gasteiger partial charge in [0, 0.05) is 11.5 Å². The normalized spacial score (nSPS) is 14.7. The average Bonchev–Trinajstić information content (AvgIpc) is 3.09. The Labute approximate surface area is 103 Å². The van der Waals surface area contributed by atoms with Crippen LogP contribution in [0, 0.1) is 5.82 Å². The van der Waals surface area contributed by atoms with E-state index < -0.39 is 5.97 Å². The first kappa shape index (κ1) is 11.0. The van der Waals surface area contributed by atoms with Crippen LogP contribution in [0.15, 0.2) is 34.7 Å². The van der Waals surface area contributed by atoms with E-state index in [1.807, 2.05) is 0 Å². The highest BCUT2D eigenvalue weighted by atomic mass is 19.1. The highest BCUT2D eigenvalue weighted by Crippen LogP contribution is 2.44. The largest absolute Gasteiger partial charge is 0.478 e. The Bertz CT molecular complexity index is 594. The summed E-state index contributed by atoms with van der Waals surface area (Å²) in [7, 11) is 0. The molecule has 1 aliphatic carbocycles. The number of furan rings is 1. The van der Waals surface area contributed by atoms with Crippen LogP contribution in [0.25, 0.3) is 11.3 Å². The number of rotatable bonds is 3. The maximum Gasteiger partial charge on any atom is 0.339 e. The van der Waals surface area contributed by atoms with Crippen molar-refractivity contribution in [2.24, 2.45) is 0 Å². The SMILES string of the molecule is O=C(O)c1cc(-c2ccc(F)cc2)oc1C1CC1. The number of carbonyl (C=O) groups is 1. The third-order valence-electron chi connectivity index (χ3n) is 3.07. The summed E-state index contributed by atoms with van der Waals surface area (Å²) in [4.78, 5) is 11.1. The number of aromatic carboxylic acids is 1. The fraction of sp³-hybridized carbons (Fsp3) is 0.214. The third kappa shape index (κ3) is 1.90. The molecule has 0 unspecified atom stereocenters. The highest BCUT2D eigenvalue weighted by molar-refractivity contribution is 5.90. The lowest BCUT2D eigenvalue weighted by Gasteiger charge is -1.96. The summed E-state index contributed by atoms with van der Waals surface area (Å²) in [5.41, 5.74) is 0.905. The molecule has 0 spiro atoms. The summed E-state index contributed by atoms with van der Waals surface area (Å²) in [6, 6.07) is 7.33. The zero-order valence-corrected chi connectivity index (χ0v) is 9.52. The number of carboxylic acids is 1. The van der Waals surface area contributed by atoms with Gasteiger partial charge in [0.15, 0.2) is 0 Å². The molecular weight excluding hydrogens is 235 g/mol. The second kappa shape index (κ2) is 3.98. The second-order valence-corrected chi connectivity index (χ2v) is 4.47. The Kier molecular flexibility index (Phi) is 2.44. The predicted octanol–water partition coefficient (Wildman–Crippen LogP) is 3.66. The molecule has 0 saturated heterocycles. The van der Waals surface area contributed by atoms with Gasteiger partial charge >= 0.3 is 5.97 Å². The van der Waals surface area contributed by atoms with Crippen LogP contribution in [-0.2, 0) is 0 Å². The van der Waals surface area contributed by atoms with E-state index in [2.05, 4.69) is 0 Å². The van der Waals surface area contributed by atoms with Gasteiger partial charge in [-0.15, -0.1) is 0 Å². The maximum atomic E-state index is 12.8. The molecular formula is C14H11FO3. The standard InChI is InChI=1S/C14H11FO3/c15-10-5-3-8(4-6-10)12-7-11(14(16)17)13(18-12)9-1-2-9/h3-7,9H,1-2H2,(H,16,17). The van der Waals surface area contributed by atoms with Crippen molar-refractivity contribution in [1.82, 2.24) is 0 Å². The van der Waals surface area contributed by atoms with Crippen LogP contribution in [0.5, 0.6) is 0 Å². The van der Waals surface area contributed by atoms with Gasteiger partial charge in [-0.1, -0.05) is 0 Å². The lowest BCUT2D eigenvalue weighted by Crippen LogP contribution is -1.97. The van der Waals surface area contributed by atoms with Crippen molar-refractivity contribution in [3.63, 3.8) is 0 Å². The minimum Gasteiger partial charge on any atom is -0.478 e. The van der Waals surface area contributed by atoms with Crippen LogP contribution >= 0.6 is 0 Å². The molecule has 0 amide bonds. The fourth-order valence-corrected chi connectivity index (χ4v) is 1.98. The summed E-state index contributed by atoms with van der Waals surface area (Å²) in [6.07, 6.45) is 1.94. The first-order valence-electron chi connectivity index (χ1n) is 5.78. The maximum absolute atomic E-state index is 12.8. The highest BCUT2D eigenvalue weighted by Gasteiger charge is 2.32. The number of halogens is 1. The van der Waals surface area contributed by atoms with Gasteiger partial charge in [-0.2, -0.15) is 0 Å². The fourth-order valence-electron chi connectivity index (χ4n) is 1.98. The van der Waals surface area contributed by atoms with Crippen LogP contribution in [0.4, 0.5) is 4.39 Å². The molecule has 18 heavy (non-hydrogen) atoms. The van der Waals surface area contributed by atoms with Gasteiger partial charge in [0.1, 0.15) is 22.9 Å². The first-order valence-corrected chi connectivity index (χ1v) is 5.78. The summed E-state index contributed by atoms with van der Waals surface area (Å²) >= 11 is 0. The van der Waals surface area contributed by atoms with Crippen molar-refractivity contribution in [1.29, 1.82) is 0 Å². The molecule has 1 aromatic carbocycles. The van der Waals surface area contributed by atoms with E-state index in [4.69, 9.17) is 9.52 Å². The van der Waals surface area contributed by atoms with Gasteiger partial charge in [-0.25, -0.2) is 9.18 Å². The van der Waals surface area contributed by atoms with Crippen molar-refractivity contribution >= 4 is 5.97 Å². The van der Waals surface area contributed by atoms with E-state index in [0.29, 0.717) is 17.1 Å². The second-order valence-electron chi connectivity index (χ2n) is 4.47. The third-order valence-corrected chi connectivity index (χ3v) is 3.07. The minimum atomic E-state index is -0.978. The first-order chi connectivity index (χ1) is 8.65. The van der Waals surface area contributed by atoms with Gasteiger partial charge < -0.3 is 9.52 Å². The van der Waals surface area contributed by atoms with Crippen LogP contribution in [0.2, 0.25) is 0 Å². The quantitative estimate of drug-likeness (QED) is 0.899. The van der Waals surface area contributed by atoms with Crippen molar-refractivity contribution in [3.05, 3.63) is 47.5 Å². The minimum absolute atomic E-state index is 0.219. The zero-order chi connectivity index (χ0) is 12.7. The van der Waals surface area contributed by atoms with Crippen molar-refractivity contribution in [2.75, 3.05) is 0 Å². The summed E-state index contributed by atoms with van der Waals surface area (Å²) in [5.74, 6) is -0.0541. The van der Waals surface area contributed by atoms with Crippen LogP contribution in [-0.4, -0.2) is 11.1 Å². The van der Waals surface area contributed by atoms with Crippen LogP contribution in [0.1, 0.15) is 34.9 Å². The molecule has 0 atom stereocenters. The monoisotopic (exact) mass is 246 g/mol. The molecule has 0 aliphatic heterocycles. The average molecular weight is 246 g/mol. The molecule has 1 aromatic heterocycles. The van der Waals surface area contributed by atoms with Crippen molar-refractivity contribution < 1.29 is 18.7 Å². The van der Waals surface area contributed by atoms with E-state index in [0.717, 1.165) is 12.8 Å². The van der Waals surface area contributed by atoms with Gasteiger partial charge in [-0.05, 0) is 43.2 Å². The number of benzene rings is 1. The van der Waals surface area contributed by atoms with Gasteiger partial charge in [0.2, 0.25) is 0 Å². The van der Waals surface area contributed by atoms with Crippen LogP contribution < -0.4 is 0 Å². The molecule has 1 aliphatic rings. The molecule has 92 valence electrons. The molecule has 0 bridgehead atoms. The molecule has 3 nitrogen and oxygen atoms in total. The smallest absolute Gasteiger partial charge is 0.339 e. The zero-order valence-electron chi connectivity index (χ0n) is 9.52. The van der Waals surface area contributed by atoms with E-state index in [9.17, 15) is 9.18 Å². The predicted molar refractivity (Wildman–Crippen MR) is 63.0 cm³/mol. The molecule has 3 rings (SSSR count). The van der Waals surface area contributed by atoms with Crippen molar-refractivity contribution in [2.45, 2.75) is 18.8 Å². The Morgan fingerprint density at radius 1 is 1.28 bits per heavy atom. The summed E-state index contributed by atoms with van der Waals surface area (Å²) in [6.45, 7) is 0. The van der Waals surface area contributed by atoms with Gasteiger partial charge in [0.25, 0.3) is 0 Å². The van der Waals surface area contributed by atoms with Crippen molar-refractivity contribution in [3.8, 4) is 11.3 Å². The summed E-state index contributed by atoms with van der Waals surface area (Å²) < 4.78 is 18.5. The van der Waals surface area contributed by atoms with E-state index in [-0.39, 0.29) is 17.3 Å². The van der Waals surface area contributed by atoms with E-state index >= 15 is 0 Å². The van der Waals surface area contributed by atoms with Gasteiger partial charge in [-0.3, -0.25) is 0 Å². The molecule has 1 saturated carbocycles. The van der Waals surface area contributed by atoms with Crippen LogP contribution in [0.3, 0.4) is 0 Å². The van der Waals surface area contributed by atoms with E-state index in [1.165, 1.54) is 18.2 Å². The molecule has 2 aromatic rings. The number of carboxylic acid groups (broad SMARTS) is 1. The number of hydrogen-bond donors (Lipinski definition) is 1. The Hall–Kier alpha value is -2.10. The summed E-state index contributed by atoms with van der Waals surface area (Å²) in [5, 5.41) is 9.13. The van der Waals surface area contributed by atoms with Gasteiger partial charge in [0.05, 0.1) is 0 Å². The lowest BCUT2D eigenvalue weighted by atomic mass is 10.1. The van der Waals surface area contributed by atoms with E-state index in [1.54, 1.807) is 12.1 Å². The molecule has 0 radical (unpaired) electrons. The molecule has 1 heterocycles. The Morgan fingerprint density at radius 2 is 1.94 bits per heavy atom. The Morgan fingerprint density at radius 3 is 2.50 bits per heavy atom. The molecule has 1 N–H and O–H groups in total.